The molecule has 88 valence electrons. The summed E-state index contributed by atoms with van der Waals surface area (Å²) in [6, 6.07) is 0.0300. The Morgan fingerprint density at radius 1 is 1.56 bits per heavy atom. The van der Waals surface area contributed by atoms with Crippen LogP contribution in [-0.4, -0.2) is 41.8 Å². The van der Waals surface area contributed by atoms with E-state index in [4.69, 9.17) is 4.74 Å². The van der Waals surface area contributed by atoms with Crippen LogP contribution in [0.4, 0.5) is 4.79 Å². The van der Waals surface area contributed by atoms with Gasteiger partial charge in [0, 0.05) is 13.7 Å². The van der Waals surface area contributed by atoms with Gasteiger partial charge in [-0.25, -0.2) is 9.36 Å². The fourth-order valence-electron chi connectivity index (χ4n) is 2.03. The number of methoxy groups -OCH3 is 1. The van der Waals surface area contributed by atoms with E-state index < -0.39 is 0 Å². The second-order valence-corrected chi connectivity index (χ2v) is 4.21. The summed E-state index contributed by atoms with van der Waals surface area (Å²) >= 11 is 0. The largest absolute Gasteiger partial charge is 0.415 e. The Hall–Kier alpha value is -1.36. The Labute approximate surface area is 95.2 Å². The third-order valence-corrected chi connectivity index (χ3v) is 2.97. The maximum Gasteiger partial charge on any atom is 0.415 e. The lowest BCUT2D eigenvalue weighted by Crippen LogP contribution is -2.44. The quantitative estimate of drug-likeness (QED) is 0.647. The van der Waals surface area contributed by atoms with Gasteiger partial charge in [0.25, 0.3) is 6.33 Å². The highest BCUT2D eigenvalue weighted by molar-refractivity contribution is 5.76. The van der Waals surface area contributed by atoms with E-state index >= 15 is 0 Å². The van der Waals surface area contributed by atoms with Crippen LogP contribution in [0.3, 0.4) is 0 Å². The Balaban J connectivity index is 2.04. The summed E-state index contributed by atoms with van der Waals surface area (Å²) in [6.07, 6.45) is 7.65. The number of aromatic nitrogens is 2. The van der Waals surface area contributed by atoms with Gasteiger partial charge >= 0.3 is 6.03 Å². The number of rotatable bonds is 1. The minimum absolute atomic E-state index is 0.0300. The number of hydrogen-bond acceptors (Lipinski definition) is 2. The normalized spacial score (nSPS) is 21.1. The molecule has 1 aliphatic rings. The van der Waals surface area contributed by atoms with E-state index in [0.29, 0.717) is 6.54 Å². The van der Waals surface area contributed by atoms with Gasteiger partial charge in [-0.15, -0.1) is 0 Å². The lowest BCUT2D eigenvalue weighted by Gasteiger charge is -2.29. The van der Waals surface area contributed by atoms with Crippen molar-refractivity contribution >= 4 is 6.03 Å². The zero-order chi connectivity index (χ0) is 11.5. The van der Waals surface area contributed by atoms with Crippen LogP contribution in [0, 0.1) is 0 Å². The van der Waals surface area contributed by atoms with Crippen LogP contribution in [0.2, 0.25) is 0 Å². The monoisotopic (exact) mass is 224 g/mol. The van der Waals surface area contributed by atoms with Crippen molar-refractivity contribution in [2.75, 3.05) is 20.2 Å². The van der Waals surface area contributed by atoms with E-state index in [0.717, 1.165) is 19.4 Å². The molecule has 0 bridgehead atoms. The van der Waals surface area contributed by atoms with Crippen LogP contribution >= 0.6 is 0 Å². The molecule has 1 aliphatic heterocycles. The molecule has 2 rings (SSSR count). The van der Waals surface area contributed by atoms with Crippen LogP contribution in [0.1, 0.15) is 12.8 Å². The van der Waals surface area contributed by atoms with Crippen molar-refractivity contribution in [3.8, 4) is 0 Å². The number of ether oxygens (including phenoxy) is 1. The Bertz CT molecular complexity index is 375. The Morgan fingerprint density at radius 2 is 2.38 bits per heavy atom. The predicted molar refractivity (Wildman–Crippen MR) is 58.0 cm³/mol. The second-order valence-electron chi connectivity index (χ2n) is 4.21. The minimum atomic E-state index is 0.0300. The van der Waals surface area contributed by atoms with Crippen LogP contribution < -0.4 is 4.57 Å². The average Bonchev–Trinajstić information content (AvgIpc) is 2.75. The summed E-state index contributed by atoms with van der Waals surface area (Å²) in [5.41, 5.74) is 0. The number of aryl methyl sites for hydroxylation is 1. The molecule has 1 aromatic rings. The second kappa shape index (κ2) is 4.65. The van der Waals surface area contributed by atoms with Gasteiger partial charge in [0.1, 0.15) is 12.4 Å². The van der Waals surface area contributed by atoms with Gasteiger partial charge in [0.15, 0.2) is 0 Å². The van der Waals surface area contributed by atoms with Crippen molar-refractivity contribution in [3.05, 3.63) is 18.7 Å². The number of piperidine rings is 1. The lowest BCUT2D eigenvalue weighted by molar-refractivity contribution is -0.670. The maximum absolute atomic E-state index is 12.1. The third-order valence-electron chi connectivity index (χ3n) is 2.97. The molecule has 1 saturated heterocycles. The molecule has 0 spiro atoms. The first-order valence-electron chi connectivity index (χ1n) is 5.56. The van der Waals surface area contributed by atoms with E-state index in [1.165, 1.54) is 0 Å². The Morgan fingerprint density at radius 3 is 3.00 bits per heavy atom. The first kappa shape index (κ1) is 11.1. The smallest absolute Gasteiger partial charge is 0.380 e. The highest BCUT2D eigenvalue weighted by Gasteiger charge is 2.27. The number of carbonyl (C=O) groups excluding carboxylic acids is 1. The number of hydrogen-bond donors (Lipinski definition) is 0. The number of carbonyl (C=O) groups is 1. The summed E-state index contributed by atoms with van der Waals surface area (Å²) in [7, 11) is 3.60. The lowest BCUT2D eigenvalue weighted by atomic mass is 10.1. The molecule has 2 heterocycles. The number of nitrogens with zero attached hydrogens (tertiary/aromatic N) is 3. The molecule has 1 unspecified atom stereocenters. The number of likely N-dealkylation sites (tertiary alicyclic amines) is 1. The highest BCUT2D eigenvalue weighted by atomic mass is 16.5. The molecular formula is C11H18N3O2+. The van der Waals surface area contributed by atoms with E-state index in [1.807, 2.05) is 22.7 Å². The van der Waals surface area contributed by atoms with Gasteiger partial charge in [0.2, 0.25) is 0 Å². The first-order chi connectivity index (χ1) is 7.70. The highest BCUT2D eigenvalue weighted by Crippen LogP contribution is 2.13. The van der Waals surface area contributed by atoms with Crippen LogP contribution in [0.5, 0.6) is 0 Å². The van der Waals surface area contributed by atoms with Crippen molar-refractivity contribution in [2.45, 2.75) is 18.9 Å². The van der Waals surface area contributed by atoms with Gasteiger partial charge in [-0.3, -0.25) is 0 Å². The zero-order valence-electron chi connectivity index (χ0n) is 9.80. The predicted octanol–water partition coefficient (Wildman–Crippen LogP) is 0.391. The van der Waals surface area contributed by atoms with E-state index in [2.05, 4.69) is 0 Å². The molecule has 1 aromatic heterocycles. The van der Waals surface area contributed by atoms with Gasteiger partial charge < -0.3 is 9.64 Å². The third kappa shape index (κ3) is 2.24. The van der Waals surface area contributed by atoms with Crippen LogP contribution in [0.25, 0.3) is 0 Å². The standard InChI is InChI=1S/C11H18N3O2/c1-12-6-7-14(9-12)11(15)13-5-3-4-10(8-13)16-2/h6-7,9-10H,3-5,8H2,1-2H3/q+1. The Kier molecular flexibility index (Phi) is 3.24. The van der Waals surface area contributed by atoms with Gasteiger partial charge in [-0.1, -0.05) is 0 Å². The fraction of sp³-hybridized carbons (Fsp3) is 0.636. The molecule has 5 nitrogen and oxygen atoms in total. The summed E-state index contributed by atoms with van der Waals surface area (Å²) in [4.78, 5) is 13.9. The van der Waals surface area contributed by atoms with Crippen LogP contribution in [-0.2, 0) is 11.8 Å². The first-order valence-corrected chi connectivity index (χ1v) is 5.56. The van der Waals surface area contributed by atoms with Crippen molar-refractivity contribution in [1.82, 2.24) is 9.47 Å². The molecular weight excluding hydrogens is 206 g/mol. The minimum Gasteiger partial charge on any atom is -0.380 e. The summed E-state index contributed by atoms with van der Waals surface area (Å²) in [5, 5.41) is 0. The summed E-state index contributed by atoms with van der Waals surface area (Å²) < 4.78 is 8.77. The zero-order valence-corrected chi connectivity index (χ0v) is 9.80. The summed E-state index contributed by atoms with van der Waals surface area (Å²) in [6.45, 7) is 1.51. The molecule has 0 radical (unpaired) electrons. The molecule has 0 N–H and O–H groups in total. The molecule has 0 aliphatic carbocycles. The molecule has 1 fully saturated rings. The number of amides is 1. The maximum atomic E-state index is 12.1. The average molecular weight is 224 g/mol. The van der Waals surface area contributed by atoms with Gasteiger partial charge in [-0.2, -0.15) is 4.57 Å². The molecule has 5 heteroatoms. The van der Waals surface area contributed by atoms with Crippen molar-refractivity contribution in [1.29, 1.82) is 0 Å². The van der Waals surface area contributed by atoms with E-state index in [9.17, 15) is 4.79 Å². The van der Waals surface area contributed by atoms with E-state index in [1.54, 1.807) is 24.2 Å². The van der Waals surface area contributed by atoms with Gasteiger partial charge in [0.05, 0.1) is 19.7 Å². The van der Waals surface area contributed by atoms with E-state index in [-0.39, 0.29) is 12.1 Å². The van der Waals surface area contributed by atoms with Gasteiger partial charge in [-0.05, 0) is 12.8 Å². The number of imidazole rings is 1. The van der Waals surface area contributed by atoms with Crippen molar-refractivity contribution in [3.63, 3.8) is 0 Å². The summed E-state index contributed by atoms with van der Waals surface area (Å²) in [5.74, 6) is 0. The van der Waals surface area contributed by atoms with Crippen molar-refractivity contribution < 1.29 is 14.1 Å². The molecule has 1 amide bonds. The molecule has 16 heavy (non-hydrogen) atoms. The van der Waals surface area contributed by atoms with Crippen molar-refractivity contribution in [2.24, 2.45) is 7.05 Å². The topological polar surface area (TPSA) is 38.4 Å². The fourth-order valence-corrected chi connectivity index (χ4v) is 2.03. The SMILES string of the molecule is COC1CCCN(C(=O)n2cc[n+](C)c2)C1. The molecule has 1 atom stereocenters. The molecule has 0 aromatic carbocycles. The molecule has 0 saturated carbocycles. The van der Waals surface area contributed by atoms with Crippen LogP contribution in [0.15, 0.2) is 18.7 Å².